The molecule has 2 aromatic carbocycles. The Morgan fingerprint density at radius 2 is 1.73 bits per heavy atom. The summed E-state index contributed by atoms with van der Waals surface area (Å²) in [5, 5.41) is 2.95. The van der Waals surface area contributed by atoms with Crippen LogP contribution in [0, 0.1) is 6.92 Å². The zero-order valence-electron chi connectivity index (χ0n) is 15.6. The molecule has 0 aromatic heterocycles. The number of methoxy groups -OCH3 is 1. The van der Waals surface area contributed by atoms with Crippen LogP contribution in [0.1, 0.15) is 11.1 Å². The van der Waals surface area contributed by atoms with E-state index in [1.165, 1.54) is 11.1 Å². The van der Waals surface area contributed by atoms with Gasteiger partial charge in [-0.25, -0.2) is 0 Å². The number of anilines is 1. The highest BCUT2D eigenvalue weighted by atomic mass is 16.5. The molecule has 0 atom stereocenters. The van der Waals surface area contributed by atoms with Crippen molar-refractivity contribution in [1.29, 1.82) is 0 Å². The van der Waals surface area contributed by atoms with Crippen LogP contribution in [-0.2, 0) is 11.3 Å². The van der Waals surface area contributed by atoms with Crippen molar-refractivity contribution in [3.63, 3.8) is 0 Å². The number of rotatable bonds is 6. The predicted octanol–water partition coefficient (Wildman–Crippen LogP) is 2.76. The lowest BCUT2D eigenvalue weighted by molar-refractivity contribution is -0.117. The first-order valence-corrected chi connectivity index (χ1v) is 9.06. The first-order valence-electron chi connectivity index (χ1n) is 9.06. The Balaban J connectivity index is 1.43. The Bertz CT molecular complexity index is 722. The molecule has 1 fully saturated rings. The van der Waals surface area contributed by atoms with Crippen molar-refractivity contribution >= 4 is 11.6 Å². The largest absolute Gasteiger partial charge is 0.497 e. The number of hydrogen-bond donors (Lipinski definition) is 1. The van der Waals surface area contributed by atoms with Gasteiger partial charge < -0.3 is 10.1 Å². The second-order valence-electron chi connectivity index (χ2n) is 6.82. The van der Waals surface area contributed by atoms with E-state index < -0.39 is 0 Å². The van der Waals surface area contributed by atoms with E-state index in [0.29, 0.717) is 6.54 Å². The van der Waals surface area contributed by atoms with Crippen LogP contribution in [0.5, 0.6) is 5.75 Å². The zero-order chi connectivity index (χ0) is 18.4. The monoisotopic (exact) mass is 353 g/mol. The van der Waals surface area contributed by atoms with Crippen LogP contribution in [-0.4, -0.2) is 55.5 Å². The first-order chi connectivity index (χ1) is 12.6. The van der Waals surface area contributed by atoms with Crippen molar-refractivity contribution in [2.75, 3.05) is 45.2 Å². The molecule has 0 unspecified atom stereocenters. The highest BCUT2D eigenvalue weighted by Crippen LogP contribution is 2.16. The molecule has 1 aliphatic rings. The third kappa shape index (κ3) is 5.31. The number of carbonyl (C=O) groups excluding carboxylic acids is 1. The second kappa shape index (κ2) is 8.83. The second-order valence-corrected chi connectivity index (χ2v) is 6.82. The number of nitrogens with zero attached hydrogens (tertiary/aromatic N) is 2. The predicted molar refractivity (Wildman–Crippen MR) is 105 cm³/mol. The van der Waals surface area contributed by atoms with Gasteiger partial charge in [0.2, 0.25) is 5.91 Å². The summed E-state index contributed by atoms with van der Waals surface area (Å²) in [5.74, 6) is 0.762. The fourth-order valence-corrected chi connectivity index (χ4v) is 3.16. The molecule has 26 heavy (non-hydrogen) atoms. The molecule has 1 heterocycles. The van der Waals surface area contributed by atoms with Gasteiger partial charge in [-0.3, -0.25) is 14.6 Å². The molecule has 5 heteroatoms. The molecule has 5 nitrogen and oxygen atoms in total. The SMILES string of the molecule is COc1cccc(NC(=O)CN2CCN(Cc3ccc(C)cc3)CC2)c1. The van der Waals surface area contributed by atoms with Crippen LogP contribution in [0.4, 0.5) is 5.69 Å². The lowest BCUT2D eigenvalue weighted by Gasteiger charge is -2.34. The molecule has 3 rings (SSSR count). The van der Waals surface area contributed by atoms with Crippen LogP contribution in [0.15, 0.2) is 48.5 Å². The van der Waals surface area contributed by atoms with Gasteiger partial charge in [-0.1, -0.05) is 35.9 Å². The molecule has 0 radical (unpaired) electrons. The molecular formula is C21H27N3O2. The molecule has 0 spiro atoms. The summed E-state index contributed by atoms with van der Waals surface area (Å²) < 4.78 is 5.19. The van der Waals surface area contributed by atoms with E-state index in [1.54, 1.807) is 7.11 Å². The molecule has 1 amide bonds. The van der Waals surface area contributed by atoms with E-state index in [1.807, 2.05) is 24.3 Å². The number of ether oxygens (including phenoxy) is 1. The summed E-state index contributed by atoms with van der Waals surface area (Å²) in [6.45, 7) is 7.31. The minimum atomic E-state index is 0.0187. The Kier molecular flexibility index (Phi) is 6.26. The average Bonchev–Trinajstić information content (AvgIpc) is 2.65. The third-order valence-corrected chi connectivity index (χ3v) is 4.71. The molecule has 1 N–H and O–H groups in total. The first kappa shape index (κ1) is 18.4. The number of amides is 1. The summed E-state index contributed by atoms with van der Waals surface area (Å²) in [7, 11) is 1.62. The van der Waals surface area contributed by atoms with Crippen molar-refractivity contribution in [1.82, 2.24) is 9.80 Å². The minimum absolute atomic E-state index is 0.0187. The van der Waals surface area contributed by atoms with Gasteiger partial charge in [0, 0.05) is 44.5 Å². The van der Waals surface area contributed by atoms with Crippen molar-refractivity contribution in [2.45, 2.75) is 13.5 Å². The summed E-state index contributed by atoms with van der Waals surface area (Å²) in [6, 6.07) is 16.2. The highest BCUT2D eigenvalue weighted by Gasteiger charge is 2.19. The van der Waals surface area contributed by atoms with Gasteiger partial charge in [-0.15, -0.1) is 0 Å². The third-order valence-electron chi connectivity index (χ3n) is 4.71. The molecule has 0 saturated carbocycles. The van der Waals surface area contributed by atoms with Gasteiger partial charge in [-0.2, -0.15) is 0 Å². The number of aryl methyl sites for hydroxylation is 1. The smallest absolute Gasteiger partial charge is 0.238 e. The Hall–Kier alpha value is -2.37. The maximum Gasteiger partial charge on any atom is 0.238 e. The fraction of sp³-hybridized carbons (Fsp3) is 0.381. The molecule has 0 bridgehead atoms. The standard InChI is InChI=1S/C21H27N3O2/c1-17-6-8-18(9-7-17)15-23-10-12-24(13-11-23)16-21(25)22-19-4-3-5-20(14-19)26-2/h3-9,14H,10-13,15-16H2,1-2H3,(H,22,25). The summed E-state index contributed by atoms with van der Waals surface area (Å²) in [6.07, 6.45) is 0. The van der Waals surface area contributed by atoms with E-state index in [0.717, 1.165) is 44.2 Å². The van der Waals surface area contributed by atoms with Crippen LogP contribution < -0.4 is 10.1 Å². The number of benzene rings is 2. The minimum Gasteiger partial charge on any atom is -0.497 e. The van der Waals surface area contributed by atoms with Crippen molar-refractivity contribution in [3.8, 4) is 5.75 Å². The number of piperazine rings is 1. The summed E-state index contributed by atoms with van der Waals surface area (Å²) in [5.41, 5.74) is 3.41. The number of nitrogens with one attached hydrogen (secondary N) is 1. The van der Waals surface area contributed by atoms with Gasteiger partial charge in [-0.05, 0) is 24.6 Å². The summed E-state index contributed by atoms with van der Waals surface area (Å²) in [4.78, 5) is 16.9. The molecule has 138 valence electrons. The molecule has 1 aliphatic heterocycles. The zero-order valence-corrected chi connectivity index (χ0v) is 15.6. The number of hydrogen-bond acceptors (Lipinski definition) is 4. The van der Waals surface area contributed by atoms with Gasteiger partial charge in [0.25, 0.3) is 0 Å². The van der Waals surface area contributed by atoms with Crippen LogP contribution in [0.25, 0.3) is 0 Å². The van der Waals surface area contributed by atoms with Crippen molar-refractivity contribution in [3.05, 3.63) is 59.7 Å². The molecule has 2 aromatic rings. The van der Waals surface area contributed by atoms with Crippen molar-refractivity contribution < 1.29 is 9.53 Å². The molecule has 0 aliphatic carbocycles. The maximum atomic E-state index is 12.3. The van der Waals surface area contributed by atoms with Crippen LogP contribution >= 0.6 is 0 Å². The quantitative estimate of drug-likeness (QED) is 0.867. The Morgan fingerprint density at radius 3 is 2.42 bits per heavy atom. The van der Waals surface area contributed by atoms with Gasteiger partial charge in [0.1, 0.15) is 5.75 Å². The van der Waals surface area contributed by atoms with E-state index in [-0.39, 0.29) is 5.91 Å². The van der Waals surface area contributed by atoms with E-state index in [4.69, 9.17) is 4.74 Å². The van der Waals surface area contributed by atoms with E-state index in [9.17, 15) is 4.79 Å². The summed E-state index contributed by atoms with van der Waals surface area (Å²) >= 11 is 0. The number of carbonyl (C=O) groups is 1. The lowest BCUT2D eigenvalue weighted by Crippen LogP contribution is -2.48. The molecular weight excluding hydrogens is 326 g/mol. The van der Waals surface area contributed by atoms with Gasteiger partial charge >= 0.3 is 0 Å². The Morgan fingerprint density at radius 1 is 1.04 bits per heavy atom. The Labute approximate surface area is 155 Å². The lowest BCUT2D eigenvalue weighted by atomic mass is 10.1. The van der Waals surface area contributed by atoms with Crippen LogP contribution in [0.2, 0.25) is 0 Å². The van der Waals surface area contributed by atoms with Gasteiger partial charge in [0.05, 0.1) is 13.7 Å². The van der Waals surface area contributed by atoms with Crippen LogP contribution in [0.3, 0.4) is 0 Å². The van der Waals surface area contributed by atoms with Gasteiger partial charge in [0.15, 0.2) is 0 Å². The van der Waals surface area contributed by atoms with Crippen molar-refractivity contribution in [2.24, 2.45) is 0 Å². The van der Waals surface area contributed by atoms with E-state index >= 15 is 0 Å². The highest BCUT2D eigenvalue weighted by molar-refractivity contribution is 5.92. The normalized spacial score (nSPS) is 15.6. The fourth-order valence-electron chi connectivity index (χ4n) is 3.16. The van der Waals surface area contributed by atoms with E-state index in [2.05, 4.69) is 46.3 Å². The maximum absolute atomic E-state index is 12.3. The molecule has 1 saturated heterocycles. The topological polar surface area (TPSA) is 44.8 Å². The average molecular weight is 353 g/mol.